The Labute approximate surface area is 117 Å². The Morgan fingerprint density at radius 3 is 2.32 bits per heavy atom. The summed E-state index contributed by atoms with van der Waals surface area (Å²) < 4.78 is 0. The number of hydrogen-bond donors (Lipinski definition) is 2. The van der Waals surface area contributed by atoms with Gasteiger partial charge in [-0.25, -0.2) is 0 Å². The van der Waals surface area contributed by atoms with E-state index in [1.54, 1.807) is 0 Å². The molecule has 0 spiro atoms. The second-order valence-electron chi connectivity index (χ2n) is 4.53. The van der Waals surface area contributed by atoms with Gasteiger partial charge in [0.25, 0.3) is 0 Å². The molecule has 19 heavy (non-hydrogen) atoms. The molecule has 5 heteroatoms. The van der Waals surface area contributed by atoms with Crippen molar-refractivity contribution < 1.29 is 4.79 Å². The molecule has 0 aromatic heterocycles. The smallest absolute Gasteiger partial charge is 0.224 e. The van der Waals surface area contributed by atoms with Crippen molar-refractivity contribution in [3.8, 4) is 0 Å². The highest BCUT2D eigenvalue weighted by Gasteiger charge is 2.09. The Morgan fingerprint density at radius 2 is 1.84 bits per heavy atom. The van der Waals surface area contributed by atoms with Gasteiger partial charge in [-0.1, -0.05) is 6.92 Å². The average Bonchev–Trinajstić information content (AvgIpc) is 2.40. The first kappa shape index (κ1) is 17.7. The van der Waals surface area contributed by atoms with Crippen LogP contribution in [-0.4, -0.2) is 49.0 Å². The van der Waals surface area contributed by atoms with Crippen molar-refractivity contribution in [1.29, 1.82) is 0 Å². The lowest BCUT2D eigenvalue weighted by molar-refractivity contribution is -0.130. The highest BCUT2D eigenvalue weighted by atomic mass is 16.2. The van der Waals surface area contributed by atoms with E-state index in [-0.39, 0.29) is 5.91 Å². The molecule has 5 nitrogen and oxygen atoms in total. The van der Waals surface area contributed by atoms with Gasteiger partial charge in [-0.2, -0.15) is 0 Å². The van der Waals surface area contributed by atoms with Gasteiger partial charge in [0.05, 0.1) is 6.54 Å². The maximum Gasteiger partial charge on any atom is 0.224 e. The molecule has 0 rings (SSSR count). The lowest BCUT2D eigenvalue weighted by Crippen LogP contribution is -2.42. The van der Waals surface area contributed by atoms with Crippen LogP contribution in [0.1, 0.15) is 47.5 Å². The van der Waals surface area contributed by atoms with Crippen LogP contribution in [0.15, 0.2) is 4.99 Å². The molecule has 112 valence electrons. The Morgan fingerprint density at radius 1 is 1.21 bits per heavy atom. The molecular formula is C14H30N4O. The lowest BCUT2D eigenvalue weighted by Gasteiger charge is -2.18. The van der Waals surface area contributed by atoms with Crippen LogP contribution >= 0.6 is 0 Å². The van der Waals surface area contributed by atoms with E-state index in [0.717, 1.165) is 32.0 Å². The Bertz CT molecular complexity index is 275. The standard InChI is InChI=1S/C14H30N4O/c1-6-12(5)17-14(15-7-2)16-11-10-13(19)18(8-3)9-4/h12H,6-11H2,1-5H3,(H2,15,16,17)/t12-/m1/s1. The minimum Gasteiger partial charge on any atom is -0.357 e. The second kappa shape index (κ2) is 10.6. The zero-order chi connectivity index (χ0) is 14.7. The number of rotatable bonds is 8. The van der Waals surface area contributed by atoms with Crippen LogP contribution in [0.25, 0.3) is 0 Å². The van der Waals surface area contributed by atoms with Gasteiger partial charge < -0.3 is 15.5 Å². The van der Waals surface area contributed by atoms with Gasteiger partial charge in [0, 0.05) is 32.1 Å². The maximum atomic E-state index is 11.8. The molecule has 2 N–H and O–H groups in total. The molecule has 0 aliphatic carbocycles. The predicted octanol–water partition coefficient (Wildman–Crippen LogP) is 1.60. The summed E-state index contributed by atoms with van der Waals surface area (Å²) in [7, 11) is 0. The van der Waals surface area contributed by atoms with E-state index in [1.165, 1.54) is 0 Å². The Balaban J connectivity index is 4.26. The van der Waals surface area contributed by atoms with Gasteiger partial charge in [0.1, 0.15) is 0 Å². The molecule has 0 saturated carbocycles. The fourth-order valence-electron chi connectivity index (χ4n) is 1.65. The summed E-state index contributed by atoms with van der Waals surface area (Å²) in [6.07, 6.45) is 1.52. The third kappa shape index (κ3) is 7.70. The van der Waals surface area contributed by atoms with Crippen molar-refractivity contribution >= 4 is 11.9 Å². The molecule has 0 fully saturated rings. The number of carbonyl (C=O) groups excluding carboxylic acids is 1. The molecule has 0 radical (unpaired) electrons. The fraction of sp³-hybridized carbons (Fsp3) is 0.857. The summed E-state index contributed by atoms with van der Waals surface area (Å²) in [5.41, 5.74) is 0. The molecule has 0 aliphatic rings. The monoisotopic (exact) mass is 270 g/mol. The normalized spacial score (nSPS) is 13.0. The van der Waals surface area contributed by atoms with E-state index >= 15 is 0 Å². The first-order valence-electron chi connectivity index (χ1n) is 7.41. The van der Waals surface area contributed by atoms with Gasteiger partial charge >= 0.3 is 0 Å². The quantitative estimate of drug-likeness (QED) is 0.520. The number of carbonyl (C=O) groups is 1. The van der Waals surface area contributed by atoms with Gasteiger partial charge in [-0.15, -0.1) is 0 Å². The third-order valence-electron chi connectivity index (χ3n) is 3.05. The van der Waals surface area contributed by atoms with Crippen molar-refractivity contribution in [1.82, 2.24) is 15.5 Å². The van der Waals surface area contributed by atoms with E-state index in [0.29, 0.717) is 19.0 Å². The van der Waals surface area contributed by atoms with Crippen molar-refractivity contribution in [2.45, 2.75) is 53.5 Å². The van der Waals surface area contributed by atoms with Crippen molar-refractivity contribution in [3.63, 3.8) is 0 Å². The highest BCUT2D eigenvalue weighted by molar-refractivity contribution is 5.81. The SMILES string of the molecule is CCNC(=NCCC(=O)N(CC)CC)N[C@H](C)CC. The van der Waals surface area contributed by atoms with Crippen LogP contribution < -0.4 is 10.6 Å². The first-order chi connectivity index (χ1) is 9.08. The number of amides is 1. The summed E-state index contributed by atoms with van der Waals surface area (Å²) in [6, 6.07) is 0.385. The summed E-state index contributed by atoms with van der Waals surface area (Å²) in [5, 5.41) is 6.51. The summed E-state index contributed by atoms with van der Waals surface area (Å²) in [6.45, 7) is 13.2. The van der Waals surface area contributed by atoms with E-state index < -0.39 is 0 Å². The minimum atomic E-state index is 0.174. The molecule has 0 bridgehead atoms. The molecule has 0 aromatic carbocycles. The van der Waals surface area contributed by atoms with E-state index in [1.807, 2.05) is 25.7 Å². The molecule has 0 unspecified atom stereocenters. The van der Waals surface area contributed by atoms with Crippen LogP contribution in [0.2, 0.25) is 0 Å². The topological polar surface area (TPSA) is 56.7 Å². The van der Waals surface area contributed by atoms with Gasteiger partial charge in [0.15, 0.2) is 5.96 Å². The number of aliphatic imine (C=N–C) groups is 1. The van der Waals surface area contributed by atoms with Crippen molar-refractivity contribution in [2.24, 2.45) is 4.99 Å². The predicted molar refractivity (Wildman–Crippen MR) is 81.4 cm³/mol. The number of nitrogens with zero attached hydrogens (tertiary/aromatic N) is 2. The number of guanidine groups is 1. The van der Waals surface area contributed by atoms with Gasteiger partial charge in [0.2, 0.25) is 5.91 Å². The molecule has 0 saturated heterocycles. The van der Waals surface area contributed by atoms with Gasteiger partial charge in [-0.05, 0) is 34.1 Å². The summed E-state index contributed by atoms with van der Waals surface area (Å²) in [4.78, 5) is 18.1. The van der Waals surface area contributed by atoms with Crippen LogP contribution in [0.5, 0.6) is 0 Å². The minimum absolute atomic E-state index is 0.174. The second-order valence-corrected chi connectivity index (χ2v) is 4.53. The lowest BCUT2D eigenvalue weighted by atomic mass is 10.3. The zero-order valence-electron chi connectivity index (χ0n) is 13.1. The maximum absolute atomic E-state index is 11.8. The largest absolute Gasteiger partial charge is 0.357 e. The van der Waals surface area contributed by atoms with Crippen LogP contribution in [-0.2, 0) is 4.79 Å². The Kier molecular flexibility index (Phi) is 9.94. The average molecular weight is 270 g/mol. The number of nitrogens with one attached hydrogen (secondary N) is 2. The fourth-order valence-corrected chi connectivity index (χ4v) is 1.65. The van der Waals surface area contributed by atoms with Crippen LogP contribution in [0, 0.1) is 0 Å². The molecule has 1 amide bonds. The molecular weight excluding hydrogens is 240 g/mol. The summed E-state index contributed by atoms with van der Waals surface area (Å²) in [5.74, 6) is 0.970. The Hall–Kier alpha value is -1.26. The molecule has 0 aliphatic heterocycles. The van der Waals surface area contributed by atoms with E-state index in [2.05, 4.69) is 29.5 Å². The number of hydrogen-bond acceptors (Lipinski definition) is 2. The third-order valence-corrected chi connectivity index (χ3v) is 3.05. The van der Waals surface area contributed by atoms with E-state index in [4.69, 9.17) is 0 Å². The first-order valence-corrected chi connectivity index (χ1v) is 7.41. The molecule has 0 heterocycles. The molecule has 0 aromatic rings. The van der Waals surface area contributed by atoms with Crippen LogP contribution in [0.4, 0.5) is 0 Å². The van der Waals surface area contributed by atoms with Crippen molar-refractivity contribution in [2.75, 3.05) is 26.2 Å². The van der Waals surface area contributed by atoms with E-state index in [9.17, 15) is 4.79 Å². The summed E-state index contributed by atoms with van der Waals surface area (Å²) >= 11 is 0. The highest BCUT2D eigenvalue weighted by Crippen LogP contribution is 1.95. The van der Waals surface area contributed by atoms with Gasteiger partial charge in [-0.3, -0.25) is 9.79 Å². The van der Waals surface area contributed by atoms with Crippen LogP contribution in [0.3, 0.4) is 0 Å². The zero-order valence-corrected chi connectivity index (χ0v) is 13.1. The van der Waals surface area contributed by atoms with Crippen molar-refractivity contribution in [3.05, 3.63) is 0 Å². The molecule has 1 atom stereocenters.